The normalized spacial score (nSPS) is 12.9. The van der Waals surface area contributed by atoms with Crippen LogP contribution in [0.2, 0.25) is 0 Å². The molecule has 0 saturated heterocycles. The van der Waals surface area contributed by atoms with Crippen molar-refractivity contribution in [2.75, 3.05) is 18.5 Å². The number of ether oxygens (including phenoxy) is 2. The Morgan fingerprint density at radius 1 is 0.810 bits per heavy atom. The molecule has 2 amide bonds. The van der Waals surface area contributed by atoms with Crippen molar-refractivity contribution in [2.45, 2.75) is 51.2 Å². The van der Waals surface area contributed by atoms with E-state index in [9.17, 15) is 35.9 Å². The van der Waals surface area contributed by atoms with Gasteiger partial charge in [-0.2, -0.15) is 26.3 Å². The first-order chi connectivity index (χ1) is 19.5. The lowest BCUT2D eigenvalue weighted by Gasteiger charge is -2.20. The number of anilines is 1. The lowest BCUT2D eigenvalue weighted by Crippen LogP contribution is -2.30. The summed E-state index contributed by atoms with van der Waals surface area (Å²) in [5, 5.41) is 5.33. The lowest BCUT2D eigenvalue weighted by molar-refractivity contribution is -0.143. The van der Waals surface area contributed by atoms with E-state index >= 15 is 0 Å². The maximum absolute atomic E-state index is 13.2. The first kappa shape index (κ1) is 32.5. The van der Waals surface area contributed by atoms with Crippen LogP contribution in [0.25, 0.3) is 0 Å². The second-order valence-electron chi connectivity index (χ2n) is 10.5. The molecule has 0 aliphatic carbocycles. The second-order valence-corrected chi connectivity index (χ2v) is 10.5. The van der Waals surface area contributed by atoms with Crippen LogP contribution in [0, 0.1) is 0 Å². The molecule has 42 heavy (non-hydrogen) atoms. The van der Waals surface area contributed by atoms with Gasteiger partial charge in [0.25, 0.3) is 5.91 Å². The van der Waals surface area contributed by atoms with Crippen LogP contribution in [0.15, 0.2) is 72.8 Å². The number of alkyl halides is 6. The van der Waals surface area contributed by atoms with E-state index < -0.39 is 53.6 Å². The van der Waals surface area contributed by atoms with Gasteiger partial charge in [-0.1, -0.05) is 30.3 Å². The number of carbonyl (C=O) groups is 2. The first-order valence-electron chi connectivity index (χ1n) is 12.8. The van der Waals surface area contributed by atoms with Crippen molar-refractivity contribution in [1.82, 2.24) is 5.32 Å². The van der Waals surface area contributed by atoms with Gasteiger partial charge >= 0.3 is 18.4 Å². The molecule has 0 saturated carbocycles. The Morgan fingerprint density at radius 2 is 1.38 bits per heavy atom. The number of hydrogen-bond donors (Lipinski definition) is 2. The SMILES string of the molecule is CC(C)(C)OC(=O)Nc1ccc(C(=O)NCC(COCc2cc(C(F)(F)F)cc(C(F)(F)F)c2)c2ccccc2)cc1. The Labute approximate surface area is 239 Å². The summed E-state index contributed by atoms with van der Waals surface area (Å²) in [6.07, 6.45) is -10.6. The van der Waals surface area contributed by atoms with Crippen LogP contribution < -0.4 is 10.6 Å². The number of rotatable bonds is 9. The van der Waals surface area contributed by atoms with Crippen LogP contribution in [-0.2, 0) is 28.4 Å². The monoisotopic (exact) mass is 596 g/mol. The minimum atomic E-state index is -4.96. The molecule has 226 valence electrons. The summed E-state index contributed by atoms with van der Waals surface area (Å²) in [4.78, 5) is 24.7. The average Bonchev–Trinajstić information content (AvgIpc) is 2.89. The molecule has 2 N–H and O–H groups in total. The summed E-state index contributed by atoms with van der Waals surface area (Å²) in [6.45, 7) is 4.64. The smallest absolute Gasteiger partial charge is 0.416 e. The van der Waals surface area contributed by atoms with Crippen molar-refractivity contribution in [2.24, 2.45) is 0 Å². The minimum absolute atomic E-state index is 0.0615. The third-order valence-corrected chi connectivity index (χ3v) is 5.81. The van der Waals surface area contributed by atoms with Gasteiger partial charge in [-0.3, -0.25) is 10.1 Å². The summed E-state index contributed by atoms with van der Waals surface area (Å²) in [6, 6.07) is 16.2. The molecule has 0 aromatic heterocycles. The number of nitrogens with one attached hydrogen (secondary N) is 2. The topological polar surface area (TPSA) is 76.7 Å². The zero-order valence-corrected chi connectivity index (χ0v) is 23.0. The zero-order valence-electron chi connectivity index (χ0n) is 23.0. The Morgan fingerprint density at radius 3 is 1.90 bits per heavy atom. The van der Waals surface area contributed by atoms with E-state index in [1.54, 1.807) is 51.1 Å². The number of halogens is 6. The van der Waals surface area contributed by atoms with E-state index in [2.05, 4.69) is 10.6 Å². The molecule has 6 nitrogen and oxygen atoms in total. The maximum Gasteiger partial charge on any atom is 0.416 e. The summed E-state index contributed by atoms with van der Waals surface area (Å²) in [7, 11) is 0. The Hall–Kier alpha value is -4.06. The first-order valence-corrected chi connectivity index (χ1v) is 12.8. The third kappa shape index (κ3) is 10.1. The molecule has 0 aliphatic heterocycles. The van der Waals surface area contributed by atoms with Crippen molar-refractivity contribution in [3.63, 3.8) is 0 Å². The number of carbonyl (C=O) groups excluding carboxylic acids is 2. The van der Waals surface area contributed by atoms with Crippen LogP contribution in [0.5, 0.6) is 0 Å². The zero-order chi connectivity index (χ0) is 31.1. The molecule has 1 atom stereocenters. The molecule has 1 unspecified atom stereocenters. The summed E-state index contributed by atoms with van der Waals surface area (Å²) < 4.78 is 89.9. The van der Waals surface area contributed by atoms with Crippen molar-refractivity contribution >= 4 is 17.7 Å². The van der Waals surface area contributed by atoms with Gasteiger partial charge in [0, 0.05) is 23.7 Å². The van der Waals surface area contributed by atoms with Gasteiger partial charge in [0.05, 0.1) is 24.3 Å². The fourth-order valence-corrected chi connectivity index (χ4v) is 3.86. The highest BCUT2D eigenvalue weighted by atomic mass is 19.4. The molecule has 0 spiro atoms. The van der Waals surface area contributed by atoms with Gasteiger partial charge in [-0.05, 0) is 74.4 Å². The Balaban J connectivity index is 1.65. The van der Waals surface area contributed by atoms with Gasteiger partial charge in [-0.15, -0.1) is 0 Å². The summed E-state index contributed by atoms with van der Waals surface area (Å²) >= 11 is 0. The van der Waals surface area contributed by atoms with Crippen molar-refractivity contribution in [3.8, 4) is 0 Å². The van der Waals surface area contributed by atoms with Crippen LogP contribution >= 0.6 is 0 Å². The largest absolute Gasteiger partial charge is 0.444 e. The summed E-state index contributed by atoms with van der Waals surface area (Å²) in [5.41, 5.74) is -2.35. The van der Waals surface area contributed by atoms with E-state index in [1.807, 2.05) is 0 Å². The van der Waals surface area contributed by atoms with E-state index in [1.165, 1.54) is 24.3 Å². The van der Waals surface area contributed by atoms with E-state index in [-0.39, 0.29) is 24.8 Å². The molecule has 0 aliphatic rings. The molecule has 12 heteroatoms. The van der Waals surface area contributed by atoms with Gasteiger partial charge in [-0.25, -0.2) is 4.79 Å². The molecular formula is C30H30F6N2O4. The van der Waals surface area contributed by atoms with Crippen LogP contribution in [0.1, 0.15) is 59.3 Å². The van der Waals surface area contributed by atoms with Crippen molar-refractivity contribution in [3.05, 3.63) is 101 Å². The second kappa shape index (κ2) is 13.3. The van der Waals surface area contributed by atoms with Gasteiger partial charge < -0.3 is 14.8 Å². The predicted molar refractivity (Wildman–Crippen MR) is 144 cm³/mol. The lowest BCUT2D eigenvalue weighted by atomic mass is 9.99. The molecular weight excluding hydrogens is 566 g/mol. The summed E-state index contributed by atoms with van der Waals surface area (Å²) in [5.74, 6) is -0.899. The Kier molecular flexibility index (Phi) is 10.3. The fraction of sp³-hybridized carbons (Fsp3) is 0.333. The molecule has 0 radical (unpaired) electrons. The fourth-order valence-electron chi connectivity index (χ4n) is 3.86. The van der Waals surface area contributed by atoms with Crippen LogP contribution in [0.4, 0.5) is 36.8 Å². The standard InChI is InChI=1S/C30H30F6N2O4/c1-28(2,3)42-27(40)38-25-11-9-21(10-12-25)26(39)37-16-22(20-7-5-4-6-8-20)18-41-17-19-13-23(29(31,32)33)15-24(14-19)30(34,35)36/h4-15,22H,16-18H2,1-3H3,(H,37,39)(H,38,40). The van der Waals surface area contributed by atoms with E-state index in [4.69, 9.17) is 9.47 Å². The van der Waals surface area contributed by atoms with E-state index in [0.717, 1.165) is 5.56 Å². The predicted octanol–water partition coefficient (Wildman–Crippen LogP) is 7.80. The van der Waals surface area contributed by atoms with Crippen molar-refractivity contribution < 1.29 is 45.4 Å². The van der Waals surface area contributed by atoms with Gasteiger partial charge in [0.2, 0.25) is 0 Å². The molecule has 0 heterocycles. The highest BCUT2D eigenvalue weighted by Crippen LogP contribution is 2.36. The number of hydrogen-bond acceptors (Lipinski definition) is 4. The van der Waals surface area contributed by atoms with Crippen LogP contribution in [0.3, 0.4) is 0 Å². The van der Waals surface area contributed by atoms with E-state index in [0.29, 0.717) is 23.4 Å². The number of amides is 2. The molecule has 0 fully saturated rings. The number of benzene rings is 3. The quantitative estimate of drug-likeness (QED) is 0.247. The van der Waals surface area contributed by atoms with Crippen molar-refractivity contribution in [1.29, 1.82) is 0 Å². The van der Waals surface area contributed by atoms with Gasteiger partial charge in [0.15, 0.2) is 0 Å². The highest BCUT2D eigenvalue weighted by Gasteiger charge is 2.37. The maximum atomic E-state index is 13.2. The van der Waals surface area contributed by atoms with Gasteiger partial charge in [0.1, 0.15) is 5.60 Å². The third-order valence-electron chi connectivity index (χ3n) is 5.81. The average molecular weight is 597 g/mol. The molecule has 3 rings (SSSR count). The minimum Gasteiger partial charge on any atom is -0.444 e. The molecule has 3 aromatic rings. The Bertz CT molecular complexity index is 1320. The van der Waals surface area contributed by atoms with Crippen LogP contribution in [-0.4, -0.2) is 30.8 Å². The highest BCUT2D eigenvalue weighted by molar-refractivity contribution is 5.95. The molecule has 3 aromatic carbocycles. The molecule has 0 bridgehead atoms.